The standard InChI is InChI=1S/C12H13NO3/c14-12(13-8-5-6-8)11-7-15-9-3-1-2-4-10(9)16-11/h1-4,8,11H,5-7H2,(H,13,14)/t11-/m0/s1. The van der Waals surface area contributed by atoms with E-state index in [4.69, 9.17) is 9.47 Å². The van der Waals surface area contributed by atoms with Crippen LogP contribution in [0.3, 0.4) is 0 Å². The zero-order valence-corrected chi connectivity index (χ0v) is 8.81. The first-order chi connectivity index (χ1) is 7.83. The quantitative estimate of drug-likeness (QED) is 0.810. The number of benzene rings is 1. The number of ether oxygens (including phenoxy) is 2. The number of rotatable bonds is 2. The van der Waals surface area contributed by atoms with Crippen LogP contribution in [-0.2, 0) is 4.79 Å². The van der Waals surface area contributed by atoms with Crippen molar-refractivity contribution in [2.24, 2.45) is 0 Å². The lowest BCUT2D eigenvalue weighted by Crippen LogP contribution is -2.44. The third-order valence-corrected chi connectivity index (χ3v) is 2.72. The zero-order valence-electron chi connectivity index (χ0n) is 8.81. The molecule has 84 valence electrons. The molecule has 0 radical (unpaired) electrons. The molecule has 1 aromatic carbocycles. The number of para-hydroxylation sites is 2. The van der Waals surface area contributed by atoms with Gasteiger partial charge in [-0.15, -0.1) is 0 Å². The Labute approximate surface area is 93.5 Å². The molecular weight excluding hydrogens is 206 g/mol. The first-order valence-corrected chi connectivity index (χ1v) is 5.52. The Bertz CT molecular complexity index is 414. The van der Waals surface area contributed by atoms with Gasteiger partial charge in [0.05, 0.1) is 0 Å². The van der Waals surface area contributed by atoms with Gasteiger partial charge in [0, 0.05) is 6.04 Å². The lowest BCUT2D eigenvalue weighted by atomic mass is 10.2. The summed E-state index contributed by atoms with van der Waals surface area (Å²) in [6.45, 7) is 0.287. The van der Waals surface area contributed by atoms with Gasteiger partial charge < -0.3 is 14.8 Å². The van der Waals surface area contributed by atoms with Crippen molar-refractivity contribution in [1.29, 1.82) is 0 Å². The molecule has 3 rings (SSSR count). The Kier molecular flexibility index (Phi) is 2.20. The maximum atomic E-state index is 11.7. The van der Waals surface area contributed by atoms with Crippen LogP contribution in [0.5, 0.6) is 11.5 Å². The number of nitrogens with one attached hydrogen (secondary N) is 1. The molecule has 1 aliphatic carbocycles. The number of fused-ring (bicyclic) bond motifs is 1. The zero-order chi connectivity index (χ0) is 11.0. The molecular formula is C12H13NO3. The summed E-state index contributed by atoms with van der Waals surface area (Å²) in [4.78, 5) is 11.7. The summed E-state index contributed by atoms with van der Waals surface area (Å²) in [6, 6.07) is 7.75. The van der Waals surface area contributed by atoms with E-state index in [0.717, 1.165) is 12.8 Å². The Hall–Kier alpha value is -1.71. The van der Waals surface area contributed by atoms with Crippen LogP contribution in [-0.4, -0.2) is 24.7 Å². The fourth-order valence-electron chi connectivity index (χ4n) is 1.67. The highest BCUT2D eigenvalue weighted by Crippen LogP contribution is 2.31. The second kappa shape index (κ2) is 3.70. The molecule has 1 amide bonds. The Morgan fingerprint density at radius 3 is 2.75 bits per heavy atom. The molecule has 16 heavy (non-hydrogen) atoms. The maximum Gasteiger partial charge on any atom is 0.264 e. The average molecular weight is 219 g/mol. The Balaban J connectivity index is 1.69. The summed E-state index contributed by atoms with van der Waals surface area (Å²) in [5.41, 5.74) is 0. The van der Waals surface area contributed by atoms with Crippen molar-refractivity contribution in [1.82, 2.24) is 5.32 Å². The SMILES string of the molecule is O=C(NC1CC1)[C@@H]1COc2ccccc2O1. The van der Waals surface area contributed by atoms with Gasteiger partial charge in [-0.1, -0.05) is 12.1 Å². The van der Waals surface area contributed by atoms with Crippen LogP contribution >= 0.6 is 0 Å². The molecule has 1 atom stereocenters. The molecule has 1 N–H and O–H groups in total. The summed E-state index contributed by atoms with van der Waals surface area (Å²) in [5, 5.41) is 2.91. The number of carbonyl (C=O) groups is 1. The van der Waals surface area contributed by atoms with Crippen molar-refractivity contribution < 1.29 is 14.3 Å². The first kappa shape index (κ1) is 9.51. The van der Waals surface area contributed by atoms with Crippen molar-refractivity contribution in [3.8, 4) is 11.5 Å². The number of hydrogen-bond acceptors (Lipinski definition) is 3. The molecule has 0 unspecified atom stereocenters. The van der Waals surface area contributed by atoms with E-state index in [9.17, 15) is 4.79 Å². The van der Waals surface area contributed by atoms with Crippen LogP contribution in [0.15, 0.2) is 24.3 Å². The second-order valence-electron chi connectivity index (χ2n) is 4.15. The minimum atomic E-state index is -0.518. The second-order valence-corrected chi connectivity index (χ2v) is 4.15. The van der Waals surface area contributed by atoms with E-state index in [0.29, 0.717) is 17.5 Å². The van der Waals surface area contributed by atoms with E-state index in [1.165, 1.54) is 0 Å². The van der Waals surface area contributed by atoms with Crippen LogP contribution in [0.25, 0.3) is 0 Å². The van der Waals surface area contributed by atoms with Gasteiger partial charge in [-0.05, 0) is 25.0 Å². The summed E-state index contributed by atoms with van der Waals surface area (Å²) in [6.07, 6.45) is 1.64. The van der Waals surface area contributed by atoms with E-state index in [1.807, 2.05) is 24.3 Å². The van der Waals surface area contributed by atoms with Gasteiger partial charge in [0.15, 0.2) is 11.5 Å². The van der Waals surface area contributed by atoms with E-state index < -0.39 is 6.10 Å². The van der Waals surface area contributed by atoms with Gasteiger partial charge in [0.25, 0.3) is 5.91 Å². The first-order valence-electron chi connectivity index (χ1n) is 5.52. The molecule has 2 aliphatic rings. The Morgan fingerprint density at radius 1 is 1.25 bits per heavy atom. The molecule has 1 aromatic rings. The van der Waals surface area contributed by atoms with Crippen molar-refractivity contribution >= 4 is 5.91 Å². The highest BCUT2D eigenvalue weighted by atomic mass is 16.6. The fraction of sp³-hybridized carbons (Fsp3) is 0.417. The molecule has 0 aromatic heterocycles. The summed E-state index contributed by atoms with van der Waals surface area (Å²) in [7, 11) is 0. The van der Waals surface area contributed by atoms with Gasteiger partial charge in [0.2, 0.25) is 6.10 Å². The van der Waals surface area contributed by atoms with Crippen LogP contribution in [0.2, 0.25) is 0 Å². The molecule has 1 saturated carbocycles. The third kappa shape index (κ3) is 1.83. The number of carbonyl (C=O) groups excluding carboxylic acids is 1. The van der Waals surface area contributed by atoms with Gasteiger partial charge in [0.1, 0.15) is 6.61 Å². The molecule has 4 nitrogen and oxygen atoms in total. The highest BCUT2D eigenvalue weighted by Gasteiger charge is 2.31. The van der Waals surface area contributed by atoms with Crippen LogP contribution in [0, 0.1) is 0 Å². The summed E-state index contributed by atoms with van der Waals surface area (Å²) >= 11 is 0. The summed E-state index contributed by atoms with van der Waals surface area (Å²) < 4.78 is 11.1. The van der Waals surface area contributed by atoms with Crippen molar-refractivity contribution in [2.45, 2.75) is 25.0 Å². The lowest BCUT2D eigenvalue weighted by molar-refractivity contribution is -0.130. The molecule has 4 heteroatoms. The van der Waals surface area contributed by atoms with Gasteiger partial charge in [-0.2, -0.15) is 0 Å². The van der Waals surface area contributed by atoms with E-state index in [-0.39, 0.29) is 12.5 Å². The number of amides is 1. The minimum Gasteiger partial charge on any atom is -0.485 e. The average Bonchev–Trinajstić information content (AvgIpc) is 3.12. The van der Waals surface area contributed by atoms with Gasteiger partial charge in [-0.3, -0.25) is 4.79 Å². The third-order valence-electron chi connectivity index (χ3n) is 2.72. The molecule has 0 saturated heterocycles. The van der Waals surface area contributed by atoms with Crippen molar-refractivity contribution in [3.63, 3.8) is 0 Å². The summed E-state index contributed by atoms with van der Waals surface area (Å²) in [5.74, 6) is 1.28. The molecule has 1 heterocycles. The smallest absolute Gasteiger partial charge is 0.264 e. The monoisotopic (exact) mass is 219 g/mol. The molecule has 0 bridgehead atoms. The van der Waals surface area contributed by atoms with E-state index in [2.05, 4.69) is 5.32 Å². The maximum absolute atomic E-state index is 11.7. The van der Waals surface area contributed by atoms with Gasteiger partial charge >= 0.3 is 0 Å². The molecule has 0 spiro atoms. The van der Waals surface area contributed by atoms with E-state index in [1.54, 1.807) is 0 Å². The van der Waals surface area contributed by atoms with Crippen LogP contribution in [0.4, 0.5) is 0 Å². The lowest BCUT2D eigenvalue weighted by Gasteiger charge is -2.25. The van der Waals surface area contributed by atoms with Crippen LogP contribution < -0.4 is 14.8 Å². The topological polar surface area (TPSA) is 47.6 Å². The number of hydrogen-bond donors (Lipinski definition) is 1. The Morgan fingerprint density at radius 2 is 2.00 bits per heavy atom. The molecule has 1 aliphatic heterocycles. The minimum absolute atomic E-state index is 0.0722. The largest absolute Gasteiger partial charge is 0.485 e. The normalized spacial score (nSPS) is 22.6. The molecule has 1 fully saturated rings. The van der Waals surface area contributed by atoms with Crippen LogP contribution in [0.1, 0.15) is 12.8 Å². The van der Waals surface area contributed by atoms with Crippen molar-refractivity contribution in [3.05, 3.63) is 24.3 Å². The van der Waals surface area contributed by atoms with Gasteiger partial charge in [-0.25, -0.2) is 0 Å². The fourth-order valence-corrected chi connectivity index (χ4v) is 1.67. The predicted octanol–water partition coefficient (Wildman–Crippen LogP) is 1.10. The highest BCUT2D eigenvalue weighted by molar-refractivity contribution is 5.82. The predicted molar refractivity (Wildman–Crippen MR) is 57.5 cm³/mol. The van der Waals surface area contributed by atoms with E-state index >= 15 is 0 Å². The van der Waals surface area contributed by atoms with Crippen molar-refractivity contribution in [2.75, 3.05) is 6.61 Å².